The fraction of sp³-hybridized carbons (Fsp3) is 0.250. The molecule has 0 aliphatic heterocycles. The van der Waals surface area contributed by atoms with Crippen molar-refractivity contribution in [2.24, 2.45) is 0 Å². The van der Waals surface area contributed by atoms with Gasteiger partial charge in [-0.15, -0.1) is 0 Å². The maximum absolute atomic E-state index is 6.20. The Morgan fingerprint density at radius 1 is 0.889 bits per heavy atom. The summed E-state index contributed by atoms with van der Waals surface area (Å²) < 4.78 is 1.79. The first-order chi connectivity index (χ1) is 8.50. The molecule has 0 spiro atoms. The van der Waals surface area contributed by atoms with E-state index < -0.39 is 0 Å². The number of fused-ring (bicyclic) bond motifs is 3. The molecule has 2 aromatic carbocycles. The second kappa shape index (κ2) is 3.52. The Morgan fingerprint density at radius 3 is 2.28 bits per heavy atom. The third-order valence-corrected chi connectivity index (χ3v) is 3.54. The van der Waals surface area contributed by atoms with Gasteiger partial charge in [-0.2, -0.15) is 0 Å². The molecule has 92 valence electrons. The van der Waals surface area contributed by atoms with Crippen LogP contribution in [0.25, 0.3) is 21.8 Å². The Hall–Kier alpha value is -1.96. The molecule has 0 radical (unpaired) electrons. The molecule has 2 heteroatoms. The molecule has 0 amide bonds. The van der Waals surface area contributed by atoms with E-state index in [-0.39, 0.29) is 5.41 Å². The zero-order valence-electron chi connectivity index (χ0n) is 11.1. The lowest BCUT2D eigenvalue weighted by molar-refractivity contribution is 0.596. The zero-order chi connectivity index (χ0) is 12.9. The van der Waals surface area contributed by atoms with Crippen molar-refractivity contribution in [3.63, 3.8) is 0 Å². The maximum atomic E-state index is 6.20. The molecule has 0 bridgehead atoms. The van der Waals surface area contributed by atoms with Crippen LogP contribution in [0.2, 0.25) is 0 Å². The molecule has 1 heterocycles. The summed E-state index contributed by atoms with van der Waals surface area (Å²) in [5.41, 5.74) is 3.65. The van der Waals surface area contributed by atoms with E-state index in [1.807, 2.05) is 6.07 Å². The van der Waals surface area contributed by atoms with Crippen molar-refractivity contribution < 1.29 is 0 Å². The van der Waals surface area contributed by atoms with Crippen LogP contribution in [0.3, 0.4) is 0 Å². The number of aromatic nitrogens is 1. The molecule has 2 N–H and O–H groups in total. The average molecular weight is 238 g/mol. The predicted octanol–water partition coefficient (Wildman–Crippen LogP) is 3.81. The summed E-state index contributed by atoms with van der Waals surface area (Å²) in [6.45, 7) is 6.72. The number of nitrogens with zero attached hydrogens (tertiary/aromatic N) is 1. The minimum Gasteiger partial charge on any atom is -0.339 e. The number of nitrogens with two attached hydrogens (primary N) is 1. The van der Waals surface area contributed by atoms with Crippen molar-refractivity contribution in [1.82, 2.24) is 4.68 Å². The van der Waals surface area contributed by atoms with Crippen LogP contribution in [0.15, 0.2) is 42.5 Å². The van der Waals surface area contributed by atoms with Gasteiger partial charge < -0.3 is 5.84 Å². The van der Waals surface area contributed by atoms with Crippen molar-refractivity contribution in [2.45, 2.75) is 26.2 Å². The van der Waals surface area contributed by atoms with Gasteiger partial charge in [0, 0.05) is 10.8 Å². The molecule has 2 nitrogen and oxygen atoms in total. The Bertz CT molecular complexity index is 730. The molecule has 0 fully saturated rings. The van der Waals surface area contributed by atoms with Gasteiger partial charge in [0.05, 0.1) is 11.0 Å². The van der Waals surface area contributed by atoms with Crippen molar-refractivity contribution in [2.75, 3.05) is 5.84 Å². The SMILES string of the molecule is CC(C)(C)c1cccc2c1c1ccccc1n2N. The molecule has 3 rings (SSSR count). The van der Waals surface area contributed by atoms with Crippen LogP contribution in [0.4, 0.5) is 0 Å². The van der Waals surface area contributed by atoms with E-state index in [1.54, 1.807) is 4.68 Å². The molecule has 0 saturated carbocycles. The van der Waals surface area contributed by atoms with Crippen LogP contribution in [-0.4, -0.2) is 4.68 Å². The molecule has 3 aromatic rings. The third kappa shape index (κ3) is 1.42. The highest BCUT2D eigenvalue weighted by Gasteiger charge is 2.20. The molecule has 0 aliphatic carbocycles. The van der Waals surface area contributed by atoms with E-state index >= 15 is 0 Å². The molecule has 0 atom stereocenters. The molecule has 18 heavy (non-hydrogen) atoms. The number of benzene rings is 2. The first-order valence-electron chi connectivity index (χ1n) is 6.28. The number of hydrogen-bond acceptors (Lipinski definition) is 1. The van der Waals surface area contributed by atoms with Gasteiger partial charge in [-0.05, 0) is 23.1 Å². The van der Waals surface area contributed by atoms with Gasteiger partial charge in [0.25, 0.3) is 0 Å². The van der Waals surface area contributed by atoms with Gasteiger partial charge in [0.1, 0.15) is 0 Å². The fourth-order valence-corrected chi connectivity index (χ4v) is 2.67. The van der Waals surface area contributed by atoms with E-state index in [0.29, 0.717) is 0 Å². The topological polar surface area (TPSA) is 30.9 Å². The lowest BCUT2D eigenvalue weighted by atomic mass is 9.84. The lowest BCUT2D eigenvalue weighted by Gasteiger charge is -2.20. The smallest absolute Gasteiger partial charge is 0.0706 e. The van der Waals surface area contributed by atoms with E-state index in [4.69, 9.17) is 5.84 Å². The summed E-state index contributed by atoms with van der Waals surface area (Å²) in [5, 5.41) is 2.52. The zero-order valence-corrected chi connectivity index (χ0v) is 11.1. The van der Waals surface area contributed by atoms with Crippen LogP contribution < -0.4 is 5.84 Å². The fourth-order valence-electron chi connectivity index (χ4n) is 2.67. The highest BCUT2D eigenvalue weighted by Crippen LogP contribution is 2.35. The minimum absolute atomic E-state index is 0.115. The second-order valence-corrected chi connectivity index (χ2v) is 5.84. The monoisotopic (exact) mass is 238 g/mol. The Morgan fingerprint density at radius 2 is 1.56 bits per heavy atom. The second-order valence-electron chi connectivity index (χ2n) is 5.84. The van der Waals surface area contributed by atoms with Gasteiger partial charge in [0.2, 0.25) is 0 Å². The average Bonchev–Trinajstić information content (AvgIpc) is 2.63. The Kier molecular flexibility index (Phi) is 2.18. The van der Waals surface area contributed by atoms with Crippen LogP contribution in [0, 0.1) is 0 Å². The number of rotatable bonds is 0. The lowest BCUT2D eigenvalue weighted by Crippen LogP contribution is -2.12. The maximum Gasteiger partial charge on any atom is 0.0706 e. The Balaban J connectivity index is 2.58. The summed E-state index contributed by atoms with van der Waals surface area (Å²) >= 11 is 0. The molecule has 0 aliphatic rings. The van der Waals surface area contributed by atoms with Gasteiger partial charge in [0.15, 0.2) is 0 Å². The first kappa shape index (κ1) is 11.1. The Labute approximate surface area is 107 Å². The molecule has 0 unspecified atom stereocenters. The van der Waals surface area contributed by atoms with Gasteiger partial charge in [-0.25, -0.2) is 0 Å². The minimum atomic E-state index is 0.115. The van der Waals surface area contributed by atoms with Crippen molar-refractivity contribution in [3.8, 4) is 0 Å². The molecule has 0 saturated heterocycles. The van der Waals surface area contributed by atoms with Gasteiger partial charge in [-0.1, -0.05) is 51.1 Å². The van der Waals surface area contributed by atoms with Crippen LogP contribution >= 0.6 is 0 Å². The summed E-state index contributed by atoms with van der Waals surface area (Å²) in [6, 6.07) is 14.7. The highest BCUT2D eigenvalue weighted by molar-refractivity contribution is 6.10. The van der Waals surface area contributed by atoms with Crippen molar-refractivity contribution in [1.29, 1.82) is 0 Å². The predicted molar refractivity (Wildman–Crippen MR) is 78.3 cm³/mol. The van der Waals surface area contributed by atoms with Gasteiger partial charge in [-0.3, -0.25) is 4.68 Å². The van der Waals surface area contributed by atoms with E-state index in [1.165, 1.54) is 16.3 Å². The van der Waals surface area contributed by atoms with Crippen LogP contribution in [-0.2, 0) is 5.41 Å². The standard InChI is InChI=1S/C16H18N2/c1-16(2,3)12-8-6-10-14-15(12)11-7-4-5-9-13(11)18(14)17/h4-10H,17H2,1-3H3. The van der Waals surface area contributed by atoms with E-state index in [9.17, 15) is 0 Å². The molecular formula is C16H18N2. The summed E-state index contributed by atoms with van der Waals surface area (Å²) in [7, 11) is 0. The normalized spacial score (nSPS) is 12.4. The van der Waals surface area contributed by atoms with E-state index in [0.717, 1.165) is 11.0 Å². The summed E-state index contributed by atoms with van der Waals surface area (Å²) in [5.74, 6) is 6.20. The number of nitrogen functional groups attached to an aromatic ring is 1. The van der Waals surface area contributed by atoms with Crippen LogP contribution in [0.5, 0.6) is 0 Å². The third-order valence-electron chi connectivity index (χ3n) is 3.54. The first-order valence-corrected chi connectivity index (χ1v) is 6.28. The molecule has 1 aromatic heterocycles. The number of hydrogen-bond donors (Lipinski definition) is 1. The molecular weight excluding hydrogens is 220 g/mol. The van der Waals surface area contributed by atoms with E-state index in [2.05, 4.69) is 57.2 Å². The number of para-hydroxylation sites is 1. The largest absolute Gasteiger partial charge is 0.339 e. The summed E-state index contributed by atoms with van der Waals surface area (Å²) in [4.78, 5) is 0. The van der Waals surface area contributed by atoms with Gasteiger partial charge >= 0.3 is 0 Å². The van der Waals surface area contributed by atoms with Crippen LogP contribution in [0.1, 0.15) is 26.3 Å². The summed E-state index contributed by atoms with van der Waals surface area (Å²) in [6.07, 6.45) is 0. The van der Waals surface area contributed by atoms with Crippen molar-refractivity contribution in [3.05, 3.63) is 48.0 Å². The van der Waals surface area contributed by atoms with Crippen molar-refractivity contribution >= 4 is 21.8 Å². The quantitative estimate of drug-likeness (QED) is 0.593. The highest BCUT2D eigenvalue weighted by atomic mass is 15.3.